The summed E-state index contributed by atoms with van der Waals surface area (Å²) in [5.74, 6) is 0. The van der Waals surface area contributed by atoms with Gasteiger partial charge in [0.25, 0.3) is 0 Å². The number of pyridine rings is 1. The van der Waals surface area contributed by atoms with Crippen LogP contribution in [0.3, 0.4) is 0 Å². The van der Waals surface area contributed by atoms with Gasteiger partial charge in [-0.3, -0.25) is 4.98 Å². The molecule has 0 amide bonds. The van der Waals surface area contributed by atoms with Crippen molar-refractivity contribution in [2.45, 2.75) is 58.9 Å². The van der Waals surface area contributed by atoms with Gasteiger partial charge in [-0.2, -0.15) is 0 Å². The third-order valence-corrected chi connectivity index (χ3v) is 5.99. The maximum atomic E-state index is 4.32. The van der Waals surface area contributed by atoms with Gasteiger partial charge in [-0.1, -0.05) is 44.2 Å². The summed E-state index contributed by atoms with van der Waals surface area (Å²) in [7, 11) is 5.94. The highest BCUT2D eigenvalue weighted by Crippen LogP contribution is 2.28. The van der Waals surface area contributed by atoms with Gasteiger partial charge in [0.05, 0.1) is 0 Å². The zero-order valence-corrected chi connectivity index (χ0v) is 21.0. The first-order chi connectivity index (χ1) is 15.7. The lowest BCUT2D eigenvalue weighted by atomic mass is 9.89. The first-order valence-corrected chi connectivity index (χ1v) is 12.4. The smallest absolute Gasteiger partial charge is 0.0435 e. The molecule has 1 aliphatic carbocycles. The Bertz CT molecular complexity index is 803. The fourth-order valence-corrected chi connectivity index (χ4v) is 4.38. The highest BCUT2D eigenvalue weighted by molar-refractivity contribution is 5.70. The summed E-state index contributed by atoms with van der Waals surface area (Å²) in [6.07, 6.45) is 11.8. The molecule has 176 valence electrons. The molecule has 0 fully saturated rings. The largest absolute Gasteiger partial charge is 0.323 e. The number of aryl methyl sites for hydroxylation is 2. The Morgan fingerprint density at radius 2 is 1.69 bits per heavy atom. The van der Waals surface area contributed by atoms with Crippen LogP contribution in [0.5, 0.6) is 0 Å². The molecular formula is C28H44N4. The molecule has 0 bridgehead atoms. The Hall–Kier alpha value is -2.01. The van der Waals surface area contributed by atoms with E-state index in [1.54, 1.807) is 11.1 Å². The average Bonchev–Trinajstić information content (AvgIpc) is 2.86. The van der Waals surface area contributed by atoms with Gasteiger partial charge in [0.2, 0.25) is 0 Å². The maximum Gasteiger partial charge on any atom is 0.0435 e. The second kappa shape index (κ2) is 14.9. The number of nitrogens with one attached hydrogen (secondary N) is 2. The van der Waals surface area contributed by atoms with Gasteiger partial charge in [0, 0.05) is 31.5 Å². The molecule has 32 heavy (non-hydrogen) atoms. The van der Waals surface area contributed by atoms with Gasteiger partial charge in [0.1, 0.15) is 0 Å². The van der Waals surface area contributed by atoms with Gasteiger partial charge in [-0.05, 0) is 100 Å². The van der Waals surface area contributed by atoms with Crippen molar-refractivity contribution in [3.8, 4) is 0 Å². The van der Waals surface area contributed by atoms with Gasteiger partial charge in [-0.25, -0.2) is 0 Å². The van der Waals surface area contributed by atoms with E-state index in [-0.39, 0.29) is 0 Å². The van der Waals surface area contributed by atoms with Gasteiger partial charge >= 0.3 is 0 Å². The summed E-state index contributed by atoms with van der Waals surface area (Å²) < 4.78 is 0. The van der Waals surface area contributed by atoms with Crippen molar-refractivity contribution in [1.29, 1.82) is 0 Å². The standard InChI is InChI=1S/C15H20N2.C9H11N.C2H7N.C2H6/c1-17-9-6-12(7-10-17)14-4-2-3-13-11-16-8-5-15(13)14;1-2-6-9-8(4-1)5-3-7-10-9;1-3-2;1-2/h2-4,6,16H,5,7-11H2,1H3;3,5,7H,1-2,4,6H2;3H,1-2H3;1-2H3. The Balaban J connectivity index is 0.000000206. The van der Waals surface area contributed by atoms with E-state index < -0.39 is 0 Å². The lowest BCUT2D eigenvalue weighted by Crippen LogP contribution is -2.26. The van der Waals surface area contributed by atoms with Crippen LogP contribution in [-0.2, 0) is 25.8 Å². The molecule has 0 atom stereocenters. The average molecular weight is 437 g/mol. The summed E-state index contributed by atoms with van der Waals surface area (Å²) in [5.41, 5.74) is 8.94. The zero-order chi connectivity index (χ0) is 23.2. The molecule has 2 aliphatic heterocycles. The van der Waals surface area contributed by atoms with E-state index in [2.05, 4.69) is 57.9 Å². The Morgan fingerprint density at radius 3 is 2.41 bits per heavy atom. The molecule has 3 aliphatic rings. The topological polar surface area (TPSA) is 40.2 Å². The molecule has 1 aromatic heterocycles. The molecule has 0 saturated carbocycles. The molecule has 3 heterocycles. The zero-order valence-electron chi connectivity index (χ0n) is 21.0. The van der Waals surface area contributed by atoms with Crippen LogP contribution in [0.2, 0.25) is 0 Å². The number of rotatable bonds is 1. The van der Waals surface area contributed by atoms with Crippen molar-refractivity contribution in [3.05, 3.63) is 70.6 Å². The molecule has 5 rings (SSSR count). The minimum Gasteiger partial charge on any atom is -0.323 e. The number of benzene rings is 1. The van der Waals surface area contributed by atoms with Crippen LogP contribution < -0.4 is 10.6 Å². The van der Waals surface area contributed by atoms with E-state index in [4.69, 9.17) is 0 Å². The second-order valence-corrected chi connectivity index (χ2v) is 8.43. The maximum absolute atomic E-state index is 4.32. The highest BCUT2D eigenvalue weighted by atomic mass is 15.1. The van der Waals surface area contributed by atoms with Crippen molar-refractivity contribution in [2.24, 2.45) is 0 Å². The van der Waals surface area contributed by atoms with Crippen LogP contribution >= 0.6 is 0 Å². The summed E-state index contributed by atoms with van der Waals surface area (Å²) in [4.78, 5) is 6.69. The fourth-order valence-electron chi connectivity index (χ4n) is 4.38. The number of likely N-dealkylation sites (N-methyl/N-ethyl adjacent to an activating group) is 1. The molecule has 0 saturated heterocycles. The number of nitrogens with zero attached hydrogens (tertiary/aromatic N) is 2. The minimum atomic E-state index is 1.04. The number of fused-ring (bicyclic) bond motifs is 2. The molecule has 2 aromatic rings. The molecule has 0 unspecified atom stereocenters. The van der Waals surface area contributed by atoms with E-state index in [9.17, 15) is 0 Å². The van der Waals surface area contributed by atoms with Crippen LogP contribution in [-0.4, -0.2) is 50.7 Å². The van der Waals surface area contributed by atoms with Crippen LogP contribution in [0, 0.1) is 0 Å². The number of hydrogen-bond acceptors (Lipinski definition) is 4. The summed E-state index contributed by atoms with van der Waals surface area (Å²) in [6, 6.07) is 11.0. The Labute approximate surface area is 196 Å². The van der Waals surface area contributed by atoms with Crippen molar-refractivity contribution in [1.82, 2.24) is 20.5 Å². The summed E-state index contributed by atoms with van der Waals surface area (Å²) in [5, 5.41) is 6.20. The van der Waals surface area contributed by atoms with E-state index in [1.165, 1.54) is 67.5 Å². The van der Waals surface area contributed by atoms with E-state index in [1.807, 2.05) is 40.2 Å². The van der Waals surface area contributed by atoms with E-state index in [0.717, 1.165) is 19.6 Å². The summed E-state index contributed by atoms with van der Waals surface area (Å²) in [6.45, 7) is 8.44. The normalized spacial score (nSPS) is 17.0. The van der Waals surface area contributed by atoms with Gasteiger partial charge in [-0.15, -0.1) is 0 Å². The summed E-state index contributed by atoms with van der Waals surface area (Å²) >= 11 is 0. The van der Waals surface area contributed by atoms with Gasteiger partial charge < -0.3 is 15.5 Å². The number of aromatic nitrogens is 1. The molecule has 4 nitrogen and oxygen atoms in total. The highest BCUT2D eigenvalue weighted by Gasteiger charge is 2.17. The number of hydrogen-bond donors (Lipinski definition) is 2. The lowest BCUT2D eigenvalue weighted by molar-refractivity contribution is 0.370. The molecule has 0 spiro atoms. The SMILES string of the molecule is CC.CN1CC=C(c2cccc3c2CCNC3)CC1.CNC.c1cnc2c(c1)CCCC2. The van der Waals surface area contributed by atoms with Crippen LogP contribution in [0.15, 0.2) is 42.6 Å². The van der Waals surface area contributed by atoms with Crippen molar-refractivity contribution < 1.29 is 0 Å². The first-order valence-electron chi connectivity index (χ1n) is 12.4. The van der Waals surface area contributed by atoms with Crippen LogP contribution in [0.4, 0.5) is 0 Å². The molecule has 2 N–H and O–H groups in total. The minimum absolute atomic E-state index is 1.04. The Kier molecular flexibility index (Phi) is 12.3. The fraction of sp³-hybridized carbons (Fsp3) is 0.536. The van der Waals surface area contributed by atoms with E-state index >= 15 is 0 Å². The van der Waals surface area contributed by atoms with Crippen LogP contribution in [0.1, 0.15) is 61.1 Å². The van der Waals surface area contributed by atoms with Crippen molar-refractivity contribution >= 4 is 5.57 Å². The first kappa shape index (κ1) is 26.2. The van der Waals surface area contributed by atoms with Crippen LogP contribution in [0.25, 0.3) is 5.57 Å². The predicted octanol–water partition coefficient (Wildman–Crippen LogP) is 4.87. The molecule has 0 radical (unpaired) electrons. The Morgan fingerprint density at radius 1 is 0.938 bits per heavy atom. The van der Waals surface area contributed by atoms with Crippen molar-refractivity contribution in [3.63, 3.8) is 0 Å². The second-order valence-electron chi connectivity index (χ2n) is 8.43. The molecular weight excluding hydrogens is 392 g/mol. The van der Waals surface area contributed by atoms with E-state index in [0.29, 0.717) is 0 Å². The van der Waals surface area contributed by atoms with Gasteiger partial charge in [0.15, 0.2) is 0 Å². The quantitative estimate of drug-likeness (QED) is 0.669. The third kappa shape index (κ3) is 7.84. The lowest BCUT2D eigenvalue weighted by Gasteiger charge is -2.26. The molecule has 4 heteroatoms. The predicted molar refractivity (Wildman–Crippen MR) is 139 cm³/mol. The molecule has 1 aromatic carbocycles. The van der Waals surface area contributed by atoms with Crippen molar-refractivity contribution in [2.75, 3.05) is 40.8 Å². The third-order valence-electron chi connectivity index (χ3n) is 5.99. The monoisotopic (exact) mass is 436 g/mol.